The maximum Gasteiger partial charge on any atom is 0.167 e. The zero-order valence-electron chi connectivity index (χ0n) is 9.59. The van der Waals surface area contributed by atoms with Gasteiger partial charge in [-0.25, -0.2) is 4.39 Å². The summed E-state index contributed by atoms with van der Waals surface area (Å²) >= 11 is 12.6. The van der Waals surface area contributed by atoms with E-state index < -0.39 is 5.82 Å². The minimum atomic E-state index is -0.400. The molecule has 0 radical (unpaired) electrons. The highest BCUT2D eigenvalue weighted by atomic mass is 79.9. The van der Waals surface area contributed by atoms with Crippen molar-refractivity contribution in [3.8, 4) is 0 Å². The third-order valence-electron chi connectivity index (χ3n) is 2.54. The molecule has 19 heavy (non-hydrogen) atoms. The maximum absolute atomic E-state index is 13.1. The Morgan fingerprint density at radius 1 is 1.11 bits per heavy atom. The zero-order chi connectivity index (χ0) is 14.0. The summed E-state index contributed by atoms with van der Waals surface area (Å²) in [5.41, 5.74) is 1.03. The predicted molar refractivity (Wildman–Crippen MR) is 81.3 cm³/mol. The van der Waals surface area contributed by atoms with Gasteiger partial charge in [-0.1, -0.05) is 43.5 Å². The van der Waals surface area contributed by atoms with Gasteiger partial charge in [0.2, 0.25) is 0 Å². The first-order valence-electron chi connectivity index (χ1n) is 5.39. The van der Waals surface area contributed by atoms with Crippen molar-refractivity contribution in [3.05, 3.63) is 67.3 Å². The second-order valence-electron chi connectivity index (χ2n) is 3.99. The molecule has 98 valence electrons. The fourth-order valence-electron chi connectivity index (χ4n) is 1.67. The molecule has 0 N–H and O–H groups in total. The quantitative estimate of drug-likeness (QED) is 0.621. The lowest BCUT2D eigenvalue weighted by Crippen LogP contribution is -2.04. The number of hydrogen-bond acceptors (Lipinski definition) is 1. The Kier molecular flexibility index (Phi) is 4.76. The minimum Gasteiger partial charge on any atom is -0.294 e. The fourth-order valence-corrected chi connectivity index (χ4v) is 3.15. The summed E-state index contributed by atoms with van der Waals surface area (Å²) in [6.45, 7) is 0. The van der Waals surface area contributed by atoms with Crippen molar-refractivity contribution in [2.45, 2.75) is 6.42 Å². The molecule has 0 aliphatic heterocycles. The summed E-state index contributed by atoms with van der Waals surface area (Å²) < 4.78 is 14.7. The van der Waals surface area contributed by atoms with Gasteiger partial charge in [-0.3, -0.25) is 4.79 Å². The number of benzene rings is 2. The van der Waals surface area contributed by atoms with Crippen LogP contribution in [0.5, 0.6) is 0 Å². The van der Waals surface area contributed by atoms with Crippen LogP contribution in [0.4, 0.5) is 4.39 Å². The lowest BCUT2D eigenvalue weighted by atomic mass is 10.0. The minimum absolute atomic E-state index is 0.0689. The van der Waals surface area contributed by atoms with E-state index >= 15 is 0 Å². The molecule has 2 aromatic carbocycles. The van der Waals surface area contributed by atoms with E-state index in [-0.39, 0.29) is 12.2 Å². The van der Waals surface area contributed by atoms with Gasteiger partial charge in [-0.2, -0.15) is 0 Å². The summed E-state index contributed by atoms with van der Waals surface area (Å²) in [6, 6.07) is 9.29. The molecule has 0 atom stereocenters. The van der Waals surface area contributed by atoms with E-state index in [1.54, 1.807) is 12.1 Å². The monoisotopic (exact) mass is 404 g/mol. The van der Waals surface area contributed by atoms with Gasteiger partial charge >= 0.3 is 0 Å². The Morgan fingerprint density at radius 2 is 1.74 bits per heavy atom. The molecule has 2 rings (SSSR count). The van der Waals surface area contributed by atoms with Crippen LogP contribution in [-0.2, 0) is 6.42 Å². The summed E-state index contributed by atoms with van der Waals surface area (Å²) in [5, 5.41) is 0.392. The summed E-state index contributed by atoms with van der Waals surface area (Å²) in [6.07, 6.45) is 0.0689. The van der Waals surface area contributed by atoms with Gasteiger partial charge in [0.25, 0.3) is 0 Å². The molecule has 0 bridgehead atoms. The van der Waals surface area contributed by atoms with Crippen molar-refractivity contribution >= 4 is 49.2 Å². The van der Waals surface area contributed by atoms with Crippen molar-refractivity contribution < 1.29 is 9.18 Å². The Labute approximate surface area is 132 Å². The Hall–Kier alpha value is -0.710. The van der Waals surface area contributed by atoms with Gasteiger partial charge < -0.3 is 0 Å². The van der Waals surface area contributed by atoms with Crippen LogP contribution in [0.2, 0.25) is 5.02 Å². The van der Waals surface area contributed by atoms with E-state index in [0.29, 0.717) is 16.1 Å². The lowest BCUT2D eigenvalue weighted by Gasteiger charge is -2.05. The summed E-state index contributed by atoms with van der Waals surface area (Å²) in [5.74, 6) is -0.517. The largest absolute Gasteiger partial charge is 0.294 e. The highest BCUT2D eigenvalue weighted by Crippen LogP contribution is 2.23. The molecule has 0 saturated heterocycles. The lowest BCUT2D eigenvalue weighted by molar-refractivity contribution is 0.0993. The summed E-state index contributed by atoms with van der Waals surface area (Å²) in [7, 11) is 0. The first-order chi connectivity index (χ1) is 8.95. The van der Waals surface area contributed by atoms with Crippen molar-refractivity contribution in [3.63, 3.8) is 0 Å². The predicted octanol–water partition coefficient (Wildman–Crippen LogP) is 5.43. The van der Waals surface area contributed by atoms with E-state index in [1.165, 1.54) is 18.2 Å². The van der Waals surface area contributed by atoms with Crippen molar-refractivity contribution in [1.82, 2.24) is 0 Å². The Balaban J connectivity index is 2.28. The maximum atomic E-state index is 13.1. The molecule has 0 amide bonds. The van der Waals surface area contributed by atoms with Gasteiger partial charge in [0.15, 0.2) is 5.78 Å². The first kappa shape index (κ1) is 14.7. The van der Waals surface area contributed by atoms with Crippen LogP contribution in [0.15, 0.2) is 45.3 Å². The topological polar surface area (TPSA) is 17.1 Å². The highest BCUT2D eigenvalue weighted by Gasteiger charge is 2.12. The number of carbonyl (C=O) groups is 1. The average Bonchev–Trinajstić information content (AvgIpc) is 2.32. The number of hydrogen-bond donors (Lipinski definition) is 0. The molecule has 0 aliphatic carbocycles. The molecule has 0 aromatic heterocycles. The molecule has 0 heterocycles. The molecule has 0 saturated carbocycles. The number of ketones is 1. The van der Waals surface area contributed by atoms with Crippen LogP contribution < -0.4 is 0 Å². The molecule has 2 aromatic rings. The molecular weight excluding hydrogens is 398 g/mol. The number of Topliss-reactive ketones (excluding diaryl/α,β-unsaturated/α-hetero) is 1. The van der Waals surface area contributed by atoms with Crippen LogP contribution in [0, 0.1) is 5.82 Å². The number of rotatable bonds is 3. The van der Waals surface area contributed by atoms with E-state index in [9.17, 15) is 9.18 Å². The van der Waals surface area contributed by atoms with Crippen molar-refractivity contribution in [1.29, 1.82) is 0 Å². The normalized spacial score (nSPS) is 10.5. The average molecular weight is 406 g/mol. The molecular formula is C14H8Br2ClFO. The molecule has 0 fully saturated rings. The van der Waals surface area contributed by atoms with Gasteiger partial charge in [-0.15, -0.1) is 0 Å². The van der Waals surface area contributed by atoms with Crippen LogP contribution >= 0.6 is 43.5 Å². The van der Waals surface area contributed by atoms with Gasteiger partial charge in [0.1, 0.15) is 5.82 Å². The molecule has 1 nitrogen and oxygen atoms in total. The Bertz CT molecular complexity index is 623. The number of halogens is 4. The van der Waals surface area contributed by atoms with Gasteiger partial charge in [0, 0.05) is 26.0 Å². The van der Waals surface area contributed by atoms with Crippen molar-refractivity contribution in [2.75, 3.05) is 0 Å². The molecule has 5 heteroatoms. The second-order valence-corrected chi connectivity index (χ2v) is 6.23. The van der Waals surface area contributed by atoms with E-state index in [1.807, 2.05) is 6.07 Å². The fraction of sp³-hybridized carbons (Fsp3) is 0.0714. The molecule has 0 spiro atoms. The zero-order valence-corrected chi connectivity index (χ0v) is 13.5. The summed E-state index contributed by atoms with van der Waals surface area (Å²) in [4.78, 5) is 12.2. The molecule has 0 unspecified atom stereocenters. The smallest absolute Gasteiger partial charge is 0.167 e. The van der Waals surface area contributed by atoms with E-state index in [4.69, 9.17) is 11.6 Å². The third-order valence-corrected chi connectivity index (χ3v) is 3.83. The van der Waals surface area contributed by atoms with Crippen LogP contribution in [0.1, 0.15) is 15.9 Å². The van der Waals surface area contributed by atoms with Crippen LogP contribution in [0.25, 0.3) is 0 Å². The Morgan fingerprint density at radius 3 is 2.37 bits per heavy atom. The first-order valence-corrected chi connectivity index (χ1v) is 7.35. The molecule has 0 aliphatic rings. The third kappa shape index (κ3) is 3.88. The van der Waals surface area contributed by atoms with E-state index in [0.717, 1.165) is 8.95 Å². The second kappa shape index (κ2) is 6.16. The van der Waals surface area contributed by atoms with Crippen LogP contribution in [0.3, 0.4) is 0 Å². The SMILES string of the molecule is O=C(Cc1cc(F)ccc1Cl)c1cc(Br)cc(Br)c1. The van der Waals surface area contributed by atoms with E-state index in [2.05, 4.69) is 31.9 Å². The van der Waals surface area contributed by atoms with Crippen LogP contribution in [-0.4, -0.2) is 5.78 Å². The number of carbonyl (C=O) groups excluding carboxylic acids is 1. The van der Waals surface area contributed by atoms with Gasteiger partial charge in [0.05, 0.1) is 0 Å². The van der Waals surface area contributed by atoms with Gasteiger partial charge in [-0.05, 0) is 42.0 Å². The standard InChI is InChI=1S/C14H8Br2ClFO/c15-10-3-9(4-11(16)7-10)14(19)6-8-5-12(18)1-2-13(8)17/h1-5,7H,6H2. The highest BCUT2D eigenvalue weighted by molar-refractivity contribution is 9.11. The van der Waals surface area contributed by atoms with Crippen molar-refractivity contribution in [2.24, 2.45) is 0 Å².